The Morgan fingerprint density at radius 3 is 1.36 bits per heavy atom. The molecule has 392 valence electrons. The highest BCUT2D eigenvalue weighted by Gasteiger charge is 2.59. The van der Waals surface area contributed by atoms with Crippen LogP contribution in [0.15, 0.2) is 0 Å². The molecule has 9 N–H and O–H groups in total. The largest absolute Gasteiger partial charge is 0.472 e. The third-order valence-electron chi connectivity index (χ3n) is 8.48. The summed E-state index contributed by atoms with van der Waals surface area (Å²) >= 11 is 0. The van der Waals surface area contributed by atoms with Crippen LogP contribution in [0.5, 0.6) is 0 Å². The second-order valence-electron chi connectivity index (χ2n) is 13.8. The maximum Gasteiger partial charge on any atom is 0.472 e. The molecule has 0 aliphatic heterocycles. The summed E-state index contributed by atoms with van der Waals surface area (Å²) in [6.07, 6.45) is -4.98. The minimum atomic E-state index is -5.82. The second-order valence-corrected chi connectivity index (χ2v) is 18.8. The van der Waals surface area contributed by atoms with Gasteiger partial charge in [0.25, 0.3) is 0 Å². The fourth-order valence-electron chi connectivity index (χ4n) is 5.73. The number of phosphoric ester groups is 4. The number of aliphatic hydroxyl groups excluding tert-OH is 2. The van der Waals surface area contributed by atoms with Gasteiger partial charge >= 0.3 is 43.2 Å². The Bertz CT molecular complexity index is 2130. The molecule has 0 spiro atoms. The molecule has 8 atom stereocenters. The number of unbranched alkanes of at least 4 members (excludes halogenated alkanes) is 12. The predicted molar refractivity (Wildman–Crippen MR) is 261 cm³/mol. The van der Waals surface area contributed by atoms with Crippen LogP contribution in [0.1, 0.15) is 119 Å². The lowest BCUT2D eigenvalue weighted by atomic mass is 9.85. The molecule has 1 rings (SSSR count). The van der Waals surface area contributed by atoms with Crippen molar-refractivity contribution < 1.29 is 120 Å². The number of hydrogen-bond donors (Lipinski definition) is 9. The first-order chi connectivity index (χ1) is 30.5. The average molecular weight is 1050 g/mol. The Labute approximate surface area is 407 Å². The summed E-state index contributed by atoms with van der Waals surface area (Å²) < 4.78 is 81.1. The van der Waals surface area contributed by atoms with Crippen LogP contribution in [0.2, 0.25) is 0 Å². The van der Waals surface area contributed by atoms with Crippen LogP contribution < -0.4 is 0 Å². The number of carbonyl (C=O) groups excluding carboxylic acids is 2. The Kier molecular flexibility index (Phi) is 32.0. The van der Waals surface area contributed by atoms with Gasteiger partial charge < -0.3 is 53.9 Å². The summed E-state index contributed by atoms with van der Waals surface area (Å²) in [5.74, 6) is 26.0. The quantitative estimate of drug-likeness (QED) is 0.0154. The monoisotopic (exact) mass is 1050 g/mol. The Morgan fingerprint density at radius 2 is 0.939 bits per heavy atom. The molecule has 1 saturated carbocycles. The molecular formula is C39H78O22P4S. The van der Waals surface area contributed by atoms with E-state index in [1.54, 1.807) is 6.92 Å². The van der Waals surface area contributed by atoms with Crippen molar-refractivity contribution in [3.63, 3.8) is 0 Å². The van der Waals surface area contributed by atoms with Crippen LogP contribution in [-0.2, 0) is 59.9 Å². The molecule has 1 aliphatic carbocycles. The third-order valence-corrected chi connectivity index (χ3v) is 11.0. The molecule has 0 saturated heterocycles. The molecule has 66 heavy (non-hydrogen) atoms. The fraction of sp³-hybridized carbons (Fsp3) is 0.641. The molecule has 1 fully saturated rings. The molecule has 0 heterocycles. The molecule has 0 amide bonds. The van der Waals surface area contributed by atoms with Crippen molar-refractivity contribution in [3.8, 4) is 71.0 Å². The minimum absolute atomic E-state index is 0. The van der Waals surface area contributed by atoms with Crippen molar-refractivity contribution in [2.45, 2.75) is 146 Å². The number of esters is 2. The minimum Gasteiger partial charge on any atom is -0.456 e. The van der Waals surface area contributed by atoms with Gasteiger partial charge in [-0.05, 0) is 72.5 Å². The lowest BCUT2D eigenvalue weighted by molar-refractivity contribution is -0.209. The lowest BCUT2D eigenvalue weighted by Crippen LogP contribution is -2.65. The number of phosphoric acid groups is 4. The van der Waals surface area contributed by atoms with Gasteiger partial charge in [0, 0.05) is 28.0 Å². The SMILES string of the molecule is CC#CC#CC#CC#CC#CC#CC(=O)OC[C@H](COP(=O)(O)OC1C(O)[C@H](OP(=O)(O)O)C(OP(=O)(O)O)C(OP(=O)(O)O)[C@@H]1O)OC(=O)CCCCCCCCCCCCCCC.S.[HH].[HH].[HH].[HH].[HH].[HH].[HH].[HH].[HH].[HH].[HH]. The maximum absolute atomic E-state index is 13.2. The fourth-order valence-corrected chi connectivity index (χ4v) is 8.38. The van der Waals surface area contributed by atoms with Gasteiger partial charge in [-0.1, -0.05) is 89.9 Å². The number of hydrogen-bond acceptors (Lipinski definition) is 15. The average Bonchev–Trinajstić information content (AvgIpc) is 3.20. The van der Waals surface area contributed by atoms with Gasteiger partial charge in [-0.2, -0.15) is 13.5 Å². The van der Waals surface area contributed by atoms with Gasteiger partial charge in [0.1, 0.15) is 43.2 Å². The number of rotatable bonds is 28. The zero-order valence-corrected chi connectivity index (χ0v) is 40.6. The van der Waals surface area contributed by atoms with Crippen LogP contribution in [0, 0.1) is 71.0 Å². The van der Waals surface area contributed by atoms with Gasteiger partial charge in [-0.25, -0.2) is 23.1 Å². The van der Waals surface area contributed by atoms with Gasteiger partial charge in [0.15, 0.2) is 6.10 Å². The van der Waals surface area contributed by atoms with Crippen molar-refractivity contribution in [1.29, 1.82) is 0 Å². The van der Waals surface area contributed by atoms with E-state index in [4.69, 9.17) is 18.5 Å². The van der Waals surface area contributed by atoms with Crippen LogP contribution in [0.4, 0.5) is 0 Å². The Hall–Kier alpha value is -2.99. The van der Waals surface area contributed by atoms with Gasteiger partial charge in [0.2, 0.25) is 0 Å². The Morgan fingerprint density at radius 1 is 0.545 bits per heavy atom. The van der Waals surface area contributed by atoms with Crippen molar-refractivity contribution in [3.05, 3.63) is 0 Å². The van der Waals surface area contributed by atoms with E-state index in [0.29, 0.717) is 12.8 Å². The topological polar surface area (TPSA) is 349 Å². The first-order valence-corrected chi connectivity index (χ1v) is 26.1. The van der Waals surface area contributed by atoms with E-state index in [1.165, 1.54) is 38.5 Å². The summed E-state index contributed by atoms with van der Waals surface area (Å²) in [7, 11) is -23.2. The van der Waals surface area contributed by atoms with Gasteiger partial charge in [-0.3, -0.25) is 27.4 Å². The van der Waals surface area contributed by atoms with Crippen LogP contribution in [-0.4, -0.2) is 112 Å². The molecule has 5 unspecified atom stereocenters. The zero-order chi connectivity index (χ0) is 48.9. The van der Waals surface area contributed by atoms with E-state index in [-0.39, 0.29) is 35.6 Å². The van der Waals surface area contributed by atoms with Crippen LogP contribution >= 0.6 is 44.8 Å². The number of ether oxygens (including phenoxy) is 2. The summed E-state index contributed by atoms with van der Waals surface area (Å²) in [5, 5.41) is 21.7. The summed E-state index contributed by atoms with van der Waals surface area (Å²) in [4.78, 5) is 91.9. The molecule has 22 nitrogen and oxygen atoms in total. The first-order valence-electron chi connectivity index (χ1n) is 20.0. The molecule has 0 aromatic carbocycles. The second kappa shape index (κ2) is 33.5. The van der Waals surface area contributed by atoms with E-state index in [0.717, 1.165) is 32.1 Å². The van der Waals surface area contributed by atoms with Crippen molar-refractivity contribution in [2.75, 3.05) is 13.2 Å². The van der Waals surface area contributed by atoms with E-state index in [2.05, 4.69) is 85.6 Å². The highest BCUT2D eigenvalue weighted by atomic mass is 32.1. The standard InChI is InChI=1S/C39H54O22P4.H2S.11H2/c1-3-5-7-9-11-13-15-16-18-20-22-24-26-28-33(41)57-31(29-55-32(40)27-25-23-21-19-17-14-12-10-8-6-4-2)30-56-65(53,54)61-36-34(42)37(58-62(44,45)46)39(60-64(50,51)52)38(35(36)43)59-63(47,48)49;;;;;;;;;;;;/h31,34-39,42-43H,3,5,7,9,11,13,15-16,18,20,22,24,26,28-30H2,1-2H3,(H,53,54)(H2,44,45,46)(H2,47,48,49)(H2,50,51,52);1H2;11*1H/t31-,34-,35?,36?,37?,38+,39?;;;;;;;;;;;;/m1............/s1. The highest BCUT2D eigenvalue weighted by molar-refractivity contribution is 7.59. The molecule has 0 bridgehead atoms. The van der Waals surface area contributed by atoms with Gasteiger partial charge in [-0.15, -0.1) is 0 Å². The smallest absolute Gasteiger partial charge is 0.456 e. The van der Waals surface area contributed by atoms with Crippen molar-refractivity contribution in [2.24, 2.45) is 0 Å². The first kappa shape index (κ1) is 63.0. The van der Waals surface area contributed by atoms with Gasteiger partial charge in [0.05, 0.1) is 6.61 Å². The maximum atomic E-state index is 13.2. The predicted octanol–water partition coefficient (Wildman–Crippen LogP) is 5.45. The van der Waals surface area contributed by atoms with E-state index >= 15 is 0 Å². The lowest BCUT2D eigenvalue weighted by Gasteiger charge is -2.45. The molecule has 0 aromatic rings. The van der Waals surface area contributed by atoms with E-state index in [9.17, 15) is 72.3 Å². The molecule has 27 heteroatoms. The number of aliphatic hydroxyl groups is 2. The highest BCUT2D eigenvalue weighted by Crippen LogP contribution is 2.53. The zero-order valence-electron chi connectivity index (χ0n) is 36.0. The van der Waals surface area contributed by atoms with Crippen molar-refractivity contribution >= 4 is 56.7 Å². The van der Waals surface area contributed by atoms with E-state index in [1.807, 2.05) is 5.92 Å². The van der Waals surface area contributed by atoms with Crippen LogP contribution in [0.25, 0.3) is 0 Å². The number of carbonyl (C=O) groups is 2. The molecule has 0 radical (unpaired) electrons. The summed E-state index contributed by atoms with van der Waals surface area (Å²) in [5.41, 5.74) is 0. The Balaban J connectivity index is -0.000000352. The summed E-state index contributed by atoms with van der Waals surface area (Å²) in [6.45, 7) is 1.80. The normalized spacial score (nSPS) is 20.3. The van der Waals surface area contributed by atoms with E-state index < -0.39 is 99.2 Å². The van der Waals surface area contributed by atoms with Crippen LogP contribution in [0.3, 0.4) is 0 Å². The molecular weight excluding hydrogens is 976 g/mol. The molecule has 1 aliphatic rings. The third kappa shape index (κ3) is 31.1. The van der Waals surface area contributed by atoms with Crippen molar-refractivity contribution in [1.82, 2.24) is 0 Å². The summed E-state index contributed by atoms with van der Waals surface area (Å²) in [6, 6.07) is 0. The molecule has 0 aromatic heterocycles.